The molecule has 0 amide bonds. The summed E-state index contributed by atoms with van der Waals surface area (Å²) in [5.74, 6) is 1.34. The van der Waals surface area contributed by atoms with Crippen LogP contribution in [0, 0.1) is 0 Å². The van der Waals surface area contributed by atoms with Crippen molar-refractivity contribution in [3.8, 4) is 17.2 Å². The minimum absolute atomic E-state index is 0.524. The fourth-order valence-electron chi connectivity index (χ4n) is 3.26. The van der Waals surface area contributed by atoms with Gasteiger partial charge in [0.25, 0.3) is 5.95 Å². The third kappa shape index (κ3) is 3.25. The Balaban J connectivity index is 1.62. The smallest absolute Gasteiger partial charge is 0.253 e. The largest absolute Gasteiger partial charge is 0.378 e. The molecule has 3 aromatic heterocycles. The zero-order valence-electron chi connectivity index (χ0n) is 15.0. The highest BCUT2D eigenvalue weighted by Gasteiger charge is 2.19. The molecule has 1 aromatic carbocycles. The molecule has 1 fully saturated rings. The number of fused-ring (bicyclic) bond motifs is 1. The van der Waals surface area contributed by atoms with E-state index in [4.69, 9.17) is 14.7 Å². The van der Waals surface area contributed by atoms with Crippen molar-refractivity contribution < 1.29 is 4.74 Å². The first-order valence-corrected chi connectivity index (χ1v) is 9.85. The van der Waals surface area contributed by atoms with E-state index in [2.05, 4.69) is 30.9 Å². The van der Waals surface area contributed by atoms with Crippen LogP contribution < -0.4 is 4.90 Å². The fourth-order valence-corrected chi connectivity index (χ4v) is 3.58. The molecule has 0 saturated carbocycles. The summed E-state index contributed by atoms with van der Waals surface area (Å²) in [6.45, 7) is 2.91. The summed E-state index contributed by atoms with van der Waals surface area (Å²) in [4.78, 5) is 16.3. The molecule has 5 rings (SSSR count). The Hall–Kier alpha value is -2.84. The topological polar surface area (TPSA) is 69.0 Å². The van der Waals surface area contributed by atoms with E-state index in [1.165, 1.54) is 0 Å². The first kappa shape index (κ1) is 17.3. The van der Waals surface area contributed by atoms with Gasteiger partial charge in [-0.3, -0.25) is 0 Å². The molecule has 0 aliphatic carbocycles. The predicted molar refractivity (Wildman–Crippen MR) is 111 cm³/mol. The Bertz CT molecular complexity index is 1120. The van der Waals surface area contributed by atoms with Crippen molar-refractivity contribution in [1.29, 1.82) is 0 Å². The average Bonchev–Trinajstić information content (AvgIpc) is 3.24. The summed E-state index contributed by atoms with van der Waals surface area (Å²) < 4.78 is 8.08. The van der Waals surface area contributed by atoms with Gasteiger partial charge in [0.1, 0.15) is 5.52 Å². The molecule has 28 heavy (non-hydrogen) atoms. The summed E-state index contributed by atoms with van der Waals surface area (Å²) in [6, 6.07) is 14.0. The van der Waals surface area contributed by atoms with Crippen molar-refractivity contribution in [2.45, 2.75) is 0 Å². The van der Waals surface area contributed by atoms with Crippen molar-refractivity contribution in [2.24, 2.45) is 0 Å². The monoisotopic (exact) mass is 436 g/mol. The number of nitrogens with zero attached hydrogens (tertiary/aromatic N) is 6. The molecular weight excluding hydrogens is 420 g/mol. The normalized spacial score (nSPS) is 14.5. The van der Waals surface area contributed by atoms with E-state index >= 15 is 0 Å². The van der Waals surface area contributed by atoms with Gasteiger partial charge in [-0.1, -0.05) is 30.3 Å². The van der Waals surface area contributed by atoms with E-state index in [0.29, 0.717) is 19.2 Å². The van der Waals surface area contributed by atoms with Crippen molar-refractivity contribution >= 4 is 32.8 Å². The van der Waals surface area contributed by atoms with E-state index < -0.39 is 0 Å². The molecule has 8 heteroatoms. The summed E-state index contributed by atoms with van der Waals surface area (Å²) in [7, 11) is 0. The van der Waals surface area contributed by atoms with Crippen LogP contribution in [0.2, 0.25) is 0 Å². The molecule has 1 saturated heterocycles. The second-order valence-corrected chi connectivity index (χ2v) is 7.40. The molecule has 140 valence electrons. The third-order valence-electron chi connectivity index (χ3n) is 4.65. The van der Waals surface area contributed by atoms with Gasteiger partial charge in [-0.2, -0.15) is 10.1 Å². The number of ether oxygens (including phenoxy) is 1. The number of aromatic nitrogens is 5. The molecule has 4 aromatic rings. The van der Waals surface area contributed by atoms with Gasteiger partial charge in [-0.25, -0.2) is 14.6 Å². The summed E-state index contributed by atoms with van der Waals surface area (Å²) in [6.07, 6.45) is 3.66. The number of hydrogen-bond acceptors (Lipinski definition) is 6. The van der Waals surface area contributed by atoms with E-state index in [9.17, 15) is 0 Å². The van der Waals surface area contributed by atoms with Gasteiger partial charge in [-0.05, 0) is 28.1 Å². The fraction of sp³-hybridized carbons (Fsp3) is 0.200. The highest BCUT2D eigenvalue weighted by Crippen LogP contribution is 2.26. The van der Waals surface area contributed by atoms with E-state index in [-0.39, 0.29) is 0 Å². The Morgan fingerprint density at radius 3 is 2.64 bits per heavy atom. The predicted octanol–water partition coefficient (Wildman–Crippen LogP) is 3.48. The number of pyridine rings is 1. The Morgan fingerprint density at radius 2 is 1.82 bits per heavy atom. The molecule has 0 N–H and O–H groups in total. The maximum atomic E-state index is 5.49. The first-order chi connectivity index (χ1) is 13.8. The highest BCUT2D eigenvalue weighted by molar-refractivity contribution is 9.10. The first-order valence-electron chi connectivity index (χ1n) is 9.05. The summed E-state index contributed by atoms with van der Waals surface area (Å²) in [5.41, 5.74) is 3.49. The molecular formula is C20H17BrN6O. The molecule has 0 unspecified atom stereocenters. The Kier molecular flexibility index (Phi) is 4.50. The van der Waals surface area contributed by atoms with Crippen LogP contribution in [0.4, 0.5) is 5.82 Å². The highest BCUT2D eigenvalue weighted by atomic mass is 79.9. The molecule has 7 nitrogen and oxygen atoms in total. The molecule has 1 aliphatic rings. The van der Waals surface area contributed by atoms with Crippen molar-refractivity contribution in [2.75, 3.05) is 31.2 Å². The zero-order chi connectivity index (χ0) is 18.9. The van der Waals surface area contributed by atoms with Gasteiger partial charge in [0, 0.05) is 35.5 Å². The number of halogens is 1. The minimum Gasteiger partial charge on any atom is -0.378 e. The van der Waals surface area contributed by atoms with Gasteiger partial charge < -0.3 is 9.64 Å². The number of benzene rings is 1. The lowest BCUT2D eigenvalue weighted by Gasteiger charge is -2.28. The van der Waals surface area contributed by atoms with Crippen molar-refractivity contribution in [3.63, 3.8) is 0 Å². The van der Waals surface area contributed by atoms with Crippen LogP contribution in [-0.2, 0) is 4.74 Å². The van der Waals surface area contributed by atoms with Gasteiger partial charge >= 0.3 is 0 Å². The van der Waals surface area contributed by atoms with Crippen LogP contribution >= 0.6 is 15.9 Å². The van der Waals surface area contributed by atoms with Crippen molar-refractivity contribution in [1.82, 2.24) is 24.7 Å². The molecule has 1 aliphatic heterocycles. The number of anilines is 1. The van der Waals surface area contributed by atoms with Crippen LogP contribution in [0.15, 0.2) is 59.3 Å². The van der Waals surface area contributed by atoms with Crippen LogP contribution in [-0.4, -0.2) is 51.0 Å². The average molecular weight is 437 g/mol. The maximum absolute atomic E-state index is 5.49. The molecule has 4 heterocycles. The molecule has 0 spiro atoms. The zero-order valence-corrected chi connectivity index (χ0v) is 16.6. The van der Waals surface area contributed by atoms with Crippen LogP contribution in [0.3, 0.4) is 0 Å². The van der Waals surface area contributed by atoms with Gasteiger partial charge in [0.2, 0.25) is 0 Å². The Labute approximate surface area is 170 Å². The van der Waals surface area contributed by atoms with Gasteiger partial charge in [0.05, 0.1) is 24.4 Å². The quantitative estimate of drug-likeness (QED) is 0.489. The van der Waals surface area contributed by atoms with E-state index in [1.807, 2.05) is 48.7 Å². The van der Waals surface area contributed by atoms with Gasteiger partial charge in [-0.15, -0.1) is 0 Å². The lowest BCUT2D eigenvalue weighted by molar-refractivity contribution is 0.122. The van der Waals surface area contributed by atoms with E-state index in [1.54, 1.807) is 10.9 Å². The second kappa shape index (κ2) is 7.29. The number of hydrogen-bond donors (Lipinski definition) is 0. The molecule has 0 bridgehead atoms. The summed E-state index contributed by atoms with van der Waals surface area (Å²) in [5, 5.41) is 4.68. The van der Waals surface area contributed by atoms with Crippen LogP contribution in [0.1, 0.15) is 0 Å². The minimum atomic E-state index is 0.524. The molecule has 0 atom stereocenters. The third-order valence-corrected chi connectivity index (χ3v) is 5.08. The SMILES string of the molecule is Brc1cnc2c(N3CCOCC3)nc(-n3ccc(-c4ccccc4)n3)nc2c1. The molecule has 0 radical (unpaired) electrons. The maximum Gasteiger partial charge on any atom is 0.253 e. The Morgan fingerprint density at radius 1 is 1.00 bits per heavy atom. The number of morpholine rings is 1. The van der Waals surface area contributed by atoms with Gasteiger partial charge in [0.15, 0.2) is 5.82 Å². The lowest BCUT2D eigenvalue weighted by atomic mass is 10.2. The number of rotatable bonds is 3. The standard InChI is InChI=1S/C20H17BrN6O/c21-15-12-17-18(22-13-15)19(26-8-10-28-11-9-26)24-20(23-17)27-7-6-16(25-27)14-4-2-1-3-5-14/h1-7,12-13H,8-11H2. The van der Waals surface area contributed by atoms with Crippen LogP contribution in [0.25, 0.3) is 28.2 Å². The summed E-state index contributed by atoms with van der Waals surface area (Å²) >= 11 is 3.49. The van der Waals surface area contributed by atoms with E-state index in [0.717, 1.165) is 45.7 Å². The van der Waals surface area contributed by atoms with Crippen molar-refractivity contribution in [3.05, 3.63) is 59.3 Å². The van der Waals surface area contributed by atoms with Crippen LogP contribution in [0.5, 0.6) is 0 Å². The second-order valence-electron chi connectivity index (χ2n) is 6.48. The lowest BCUT2D eigenvalue weighted by Crippen LogP contribution is -2.37.